The third-order valence-electron chi connectivity index (χ3n) is 1.88. The van der Waals surface area contributed by atoms with Crippen LogP contribution in [0, 0.1) is 0 Å². The average molecular weight is 243 g/mol. The number of anilines is 1. The molecule has 7 heteroatoms. The molecule has 1 atom stereocenters. The molecular weight excluding hydrogens is 232 g/mol. The summed E-state index contributed by atoms with van der Waals surface area (Å²) in [4.78, 5) is 10.4. The van der Waals surface area contributed by atoms with E-state index in [4.69, 9.17) is 5.73 Å². The fourth-order valence-corrected chi connectivity index (χ4v) is 2.19. The van der Waals surface area contributed by atoms with Crippen LogP contribution in [0.4, 0.5) is 5.69 Å². The van der Waals surface area contributed by atoms with Crippen molar-refractivity contribution in [2.24, 2.45) is 0 Å². The lowest BCUT2D eigenvalue weighted by molar-refractivity contribution is -0.307. The van der Waals surface area contributed by atoms with Crippen LogP contribution >= 0.6 is 0 Å². The Labute approximate surface area is 93.1 Å². The van der Waals surface area contributed by atoms with E-state index in [9.17, 15) is 18.3 Å². The lowest BCUT2D eigenvalue weighted by atomic mass is 10.3. The molecule has 0 spiro atoms. The van der Waals surface area contributed by atoms with Crippen LogP contribution in [0.2, 0.25) is 0 Å². The molecule has 0 aliphatic carbocycles. The zero-order chi connectivity index (χ0) is 12.3. The molecule has 1 aromatic carbocycles. The molecule has 1 aromatic rings. The maximum absolute atomic E-state index is 11.6. The smallest absolute Gasteiger partial charge is 0.241 e. The molecule has 0 aliphatic rings. The van der Waals surface area contributed by atoms with Gasteiger partial charge in [0, 0.05) is 5.69 Å². The van der Waals surface area contributed by atoms with E-state index in [0.717, 1.165) is 0 Å². The number of nitrogen functional groups attached to an aromatic ring is 1. The molecule has 0 fully saturated rings. The summed E-state index contributed by atoms with van der Waals surface area (Å²) in [5.74, 6) is -1.49. The topological polar surface area (TPSA) is 112 Å². The Kier molecular flexibility index (Phi) is 3.51. The van der Waals surface area contributed by atoms with Crippen molar-refractivity contribution in [3.8, 4) is 0 Å². The van der Waals surface area contributed by atoms with Gasteiger partial charge < -0.3 is 15.6 Å². The average Bonchev–Trinajstić information content (AvgIpc) is 2.17. The van der Waals surface area contributed by atoms with Crippen LogP contribution in [0.15, 0.2) is 29.2 Å². The van der Waals surface area contributed by atoms with Gasteiger partial charge in [0.25, 0.3) is 0 Å². The Morgan fingerprint density at radius 1 is 1.38 bits per heavy atom. The van der Waals surface area contributed by atoms with Gasteiger partial charge in [0.2, 0.25) is 10.0 Å². The second-order valence-corrected chi connectivity index (χ2v) is 4.95. The predicted molar refractivity (Wildman–Crippen MR) is 55.6 cm³/mol. The SMILES string of the molecule is C[C@@H](NS(=O)(=O)c1ccc(N)cc1)C(=O)[O-]. The molecule has 3 N–H and O–H groups in total. The third kappa shape index (κ3) is 2.94. The summed E-state index contributed by atoms with van der Waals surface area (Å²) in [7, 11) is -3.85. The van der Waals surface area contributed by atoms with Gasteiger partial charge in [-0.15, -0.1) is 0 Å². The number of hydrogen-bond acceptors (Lipinski definition) is 5. The number of benzene rings is 1. The van der Waals surface area contributed by atoms with Crippen molar-refractivity contribution in [3.05, 3.63) is 24.3 Å². The van der Waals surface area contributed by atoms with Crippen molar-refractivity contribution < 1.29 is 18.3 Å². The Bertz CT molecular complexity index is 481. The van der Waals surface area contributed by atoms with Crippen LogP contribution in [-0.4, -0.2) is 20.4 Å². The zero-order valence-electron chi connectivity index (χ0n) is 8.51. The Hall–Kier alpha value is -1.60. The number of carbonyl (C=O) groups excluding carboxylic acids is 1. The second kappa shape index (κ2) is 4.50. The highest BCUT2D eigenvalue weighted by Crippen LogP contribution is 2.11. The van der Waals surface area contributed by atoms with Crippen molar-refractivity contribution in [1.82, 2.24) is 4.72 Å². The molecule has 0 bridgehead atoms. The fourth-order valence-electron chi connectivity index (χ4n) is 0.996. The minimum Gasteiger partial charge on any atom is -0.548 e. The van der Waals surface area contributed by atoms with Crippen molar-refractivity contribution >= 4 is 21.7 Å². The molecule has 16 heavy (non-hydrogen) atoms. The van der Waals surface area contributed by atoms with Crippen molar-refractivity contribution in [1.29, 1.82) is 0 Å². The van der Waals surface area contributed by atoms with E-state index in [1.807, 2.05) is 4.72 Å². The van der Waals surface area contributed by atoms with Crippen LogP contribution in [0.25, 0.3) is 0 Å². The van der Waals surface area contributed by atoms with Gasteiger partial charge in [0.05, 0.1) is 16.9 Å². The molecular formula is C9H11N2O4S-. The van der Waals surface area contributed by atoms with Gasteiger partial charge in [0.15, 0.2) is 0 Å². The summed E-state index contributed by atoms with van der Waals surface area (Å²) < 4.78 is 25.2. The van der Waals surface area contributed by atoms with Gasteiger partial charge in [0.1, 0.15) is 0 Å². The number of hydrogen-bond donors (Lipinski definition) is 2. The lowest BCUT2D eigenvalue weighted by Gasteiger charge is -2.14. The predicted octanol–water partition coefficient (Wildman–Crippen LogP) is -1.31. The van der Waals surface area contributed by atoms with E-state index in [-0.39, 0.29) is 4.90 Å². The molecule has 0 radical (unpaired) electrons. The zero-order valence-corrected chi connectivity index (χ0v) is 9.32. The number of carbonyl (C=O) groups is 1. The first-order chi connectivity index (χ1) is 7.33. The van der Waals surface area contributed by atoms with E-state index in [1.54, 1.807) is 0 Å². The number of carboxylic acids is 1. The van der Waals surface area contributed by atoms with Crippen LogP contribution in [0.3, 0.4) is 0 Å². The minimum atomic E-state index is -3.85. The molecule has 88 valence electrons. The van der Waals surface area contributed by atoms with Crippen LogP contribution in [-0.2, 0) is 14.8 Å². The molecule has 0 unspecified atom stereocenters. The van der Waals surface area contributed by atoms with Crippen LogP contribution in [0.1, 0.15) is 6.92 Å². The first-order valence-electron chi connectivity index (χ1n) is 4.41. The van der Waals surface area contributed by atoms with Gasteiger partial charge in [-0.3, -0.25) is 0 Å². The molecule has 0 amide bonds. The highest BCUT2D eigenvalue weighted by molar-refractivity contribution is 7.89. The number of sulfonamides is 1. The number of rotatable bonds is 4. The number of nitrogens with two attached hydrogens (primary N) is 1. The van der Waals surface area contributed by atoms with Gasteiger partial charge >= 0.3 is 0 Å². The second-order valence-electron chi connectivity index (χ2n) is 3.23. The summed E-state index contributed by atoms with van der Waals surface area (Å²) >= 11 is 0. The summed E-state index contributed by atoms with van der Waals surface area (Å²) in [6.07, 6.45) is 0. The maximum atomic E-state index is 11.6. The van der Waals surface area contributed by atoms with E-state index in [2.05, 4.69) is 0 Å². The normalized spacial score (nSPS) is 13.3. The summed E-state index contributed by atoms with van der Waals surface area (Å²) in [5, 5.41) is 10.4. The van der Waals surface area contributed by atoms with E-state index in [1.165, 1.54) is 31.2 Å². The molecule has 0 heterocycles. The quantitative estimate of drug-likeness (QED) is 0.637. The van der Waals surface area contributed by atoms with Gasteiger partial charge in [-0.25, -0.2) is 13.1 Å². The summed E-state index contributed by atoms with van der Waals surface area (Å²) in [6, 6.07) is 4.12. The van der Waals surface area contributed by atoms with Crippen molar-refractivity contribution in [2.45, 2.75) is 17.9 Å². The molecule has 0 aliphatic heterocycles. The Morgan fingerprint density at radius 2 is 1.88 bits per heavy atom. The maximum Gasteiger partial charge on any atom is 0.241 e. The first-order valence-corrected chi connectivity index (χ1v) is 5.90. The largest absolute Gasteiger partial charge is 0.548 e. The van der Waals surface area contributed by atoms with Crippen LogP contribution < -0.4 is 15.6 Å². The van der Waals surface area contributed by atoms with Crippen molar-refractivity contribution in [3.63, 3.8) is 0 Å². The highest BCUT2D eigenvalue weighted by Gasteiger charge is 2.17. The number of carboxylic acid groups (broad SMARTS) is 1. The Balaban J connectivity index is 2.94. The first kappa shape index (κ1) is 12.5. The monoisotopic (exact) mass is 243 g/mol. The van der Waals surface area contributed by atoms with Gasteiger partial charge in [-0.2, -0.15) is 0 Å². The molecule has 0 aromatic heterocycles. The number of nitrogens with one attached hydrogen (secondary N) is 1. The van der Waals surface area contributed by atoms with E-state index < -0.39 is 22.0 Å². The molecule has 0 saturated heterocycles. The van der Waals surface area contributed by atoms with E-state index in [0.29, 0.717) is 5.69 Å². The standard InChI is InChI=1S/C9H12N2O4S/c1-6(9(12)13)11-16(14,15)8-4-2-7(10)3-5-8/h2-6,11H,10H2,1H3,(H,12,13)/p-1/t6-/m1/s1. The molecule has 0 saturated carbocycles. The Morgan fingerprint density at radius 3 is 2.31 bits per heavy atom. The van der Waals surface area contributed by atoms with Crippen LogP contribution in [0.5, 0.6) is 0 Å². The third-order valence-corrected chi connectivity index (χ3v) is 3.43. The fraction of sp³-hybridized carbons (Fsp3) is 0.222. The van der Waals surface area contributed by atoms with E-state index >= 15 is 0 Å². The molecule has 1 rings (SSSR count). The number of aliphatic carboxylic acids is 1. The molecule has 6 nitrogen and oxygen atoms in total. The lowest BCUT2D eigenvalue weighted by Crippen LogP contribution is -2.45. The van der Waals surface area contributed by atoms with Gasteiger partial charge in [-0.05, 0) is 31.2 Å². The summed E-state index contributed by atoms with van der Waals surface area (Å²) in [6.45, 7) is 1.18. The highest BCUT2D eigenvalue weighted by atomic mass is 32.2. The minimum absolute atomic E-state index is 0.0465. The van der Waals surface area contributed by atoms with Crippen molar-refractivity contribution in [2.75, 3.05) is 5.73 Å². The van der Waals surface area contributed by atoms with Gasteiger partial charge in [-0.1, -0.05) is 0 Å². The summed E-state index contributed by atoms with van der Waals surface area (Å²) in [5.41, 5.74) is 5.82.